The van der Waals surface area contributed by atoms with Crippen molar-refractivity contribution in [3.63, 3.8) is 0 Å². The Hall–Kier alpha value is -4.59. The zero-order valence-corrected chi connectivity index (χ0v) is 20.5. The van der Waals surface area contributed by atoms with Crippen molar-refractivity contribution in [1.82, 2.24) is 13.7 Å². The van der Waals surface area contributed by atoms with Gasteiger partial charge >= 0.3 is 5.69 Å². The van der Waals surface area contributed by atoms with Crippen molar-refractivity contribution in [2.75, 3.05) is 12.4 Å². The Balaban J connectivity index is 1.77. The summed E-state index contributed by atoms with van der Waals surface area (Å²) in [4.78, 5) is 40.8. The van der Waals surface area contributed by atoms with Crippen LogP contribution >= 0.6 is 0 Å². The van der Waals surface area contributed by atoms with Crippen molar-refractivity contribution in [1.29, 1.82) is 0 Å². The average molecular weight is 483 g/mol. The first-order valence-electron chi connectivity index (χ1n) is 11.5. The molecule has 0 atom stereocenters. The van der Waals surface area contributed by atoms with Crippen molar-refractivity contribution in [2.24, 2.45) is 7.05 Å². The Labute approximate surface area is 207 Å². The summed E-state index contributed by atoms with van der Waals surface area (Å²) in [5.74, 6) is 0.0930. The highest BCUT2D eigenvalue weighted by Crippen LogP contribution is 2.27. The number of hydrogen-bond donors (Lipinski definition) is 1. The third-order valence-corrected chi connectivity index (χ3v) is 6.40. The van der Waals surface area contributed by atoms with Gasteiger partial charge in [-0.2, -0.15) is 0 Å². The van der Waals surface area contributed by atoms with Crippen molar-refractivity contribution >= 4 is 33.5 Å². The quantitative estimate of drug-likeness (QED) is 0.412. The number of rotatable bonds is 5. The Kier molecular flexibility index (Phi) is 5.72. The fraction of sp³-hybridized carbons (Fsp3) is 0.179. The highest BCUT2D eigenvalue weighted by atomic mass is 16.5. The summed E-state index contributed by atoms with van der Waals surface area (Å²) in [5, 5.41) is 3.57. The molecule has 0 radical (unpaired) electrons. The first-order valence-corrected chi connectivity index (χ1v) is 11.5. The molecule has 0 unspecified atom stereocenters. The van der Waals surface area contributed by atoms with Crippen LogP contribution in [-0.2, 0) is 18.4 Å². The molecule has 0 saturated carbocycles. The third kappa shape index (κ3) is 3.76. The van der Waals surface area contributed by atoms with Crippen molar-refractivity contribution in [3.05, 3.63) is 98.7 Å². The number of ether oxygens (including phenoxy) is 1. The monoisotopic (exact) mass is 482 g/mol. The van der Waals surface area contributed by atoms with E-state index in [0.29, 0.717) is 28.2 Å². The zero-order chi connectivity index (χ0) is 25.6. The maximum atomic E-state index is 13.9. The molecule has 0 aliphatic carbocycles. The van der Waals surface area contributed by atoms with Gasteiger partial charge in [-0.15, -0.1) is 0 Å². The second-order valence-corrected chi connectivity index (χ2v) is 8.87. The number of nitrogens with zero attached hydrogens (tertiary/aromatic N) is 3. The van der Waals surface area contributed by atoms with Crippen LogP contribution < -0.4 is 21.3 Å². The summed E-state index contributed by atoms with van der Waals surface area (Å²) in [6, 6.07) is 20.0. The van der Waals surface area contributed by atoms with Gasteiger partial charge in [-0.05, 0) is 50.2 Å². The number of anilines is 1. The van der Waals surface area contributed by atoms with E-state index in [0.717, 1.165) is 26.6 Å². The predicted octanol–water partition coefficient (Wildman–Crippen LogP) is 3.91. The Morgan fingerprint density at radius 1 is 0.917 bits per heavy atom. The van der Waals surface area contributed by atoms with Crippen LogP contribution in [0.25, 0.3) is 27.6 Å². The van der Waals surface area contributed by atoms with E-state index >= 15 is 0 Å². The minimum Gasteiger partial charge on any atom is -0.495 e. The lowest BCUT2D eigenvalue weighted by molar-refractivity contribution is -0.116. The number of carbonyl (C=O) groups is 1. The summed E-state index contributed by atoms with van der Waals surface area (Å²) < 4.78 is 9.62. The third-order valence-electron chi connectivity index (χ3n) is 6.40. The predicted molar refractivity (Wildman–Crippen MR) is 141 cm³/mol. The molecule has 3 aromatic carbocycles. The van der Waals surface area contributed by atoms with Gasteiger partial charge in [0.25, 0.3) is 5.56 Å². The number of carbonyl (C=O) groups excluding carboxylic acids is 1. The molecule has 1 N–H and O–H groups in total. The second kappa shape index (κ2) is 8.88. The molecule has 8 heteroatoms. The minimum atomic E-state index is -0.583. The number of aryl methyl sites for hydroxylation is 3. The fourth-order valence-electron chi connectivity index (χ4n) is 4.62. The molecule has 36 heavy (non-hydrogen) atoms. The van der Waals surface area contributed by atoms with Crippen LogP contribution in [0.1, 0.15) is 11.1 Å². The normalized spacial score (nSPS) is 11.2. The van der Waals surface area contributed by atoms with Crippen molar-refractivity contribution in [3.8, 4) is 11.4 Å². The number of para-hydroxylation sites is 2. The van der Waals surface area contributed by atoms with Crippen LogP contribution in [0.5, 0.6) is 5.75 Å². The van der Waals surface area contributed by atoms with E-state index in [9.17, 15) is 14.4 Å². The molecule has 5 aromatic rings. The molecule has 5 rings (SSSR count). The van der Waals surface area contributed by atoms with Gasteiger partial charge in [0.2, 0.25) is 5.91 Å². The van der Waals surface area contributed by atoms with Crippen LogP contribution in [0.4, 0.5) is 5.69 Å². The molecular formula is C28H26N4O4. The molecule has 2 heterocycles. The molecule has 0 spiro atoms. The first-order chi connectivity index (χ1) is 17.3. The Bertz CT molecular complexity index is 1760. The summed E-state index contributed by atoms with van der Waals surface area (Å²) in [6.07, 6.45) is 0. The van der Waals surface area contributed by atoms with E-state index in [1.54, 1.807) is 48.0 Å². The van der Waals surface area contributed by atoms with E-state index in [4.69, 9.17) is 4.74 Å². The molecule has 0 fully saturated rings. The van der Waals surface area contributed by atoms with Gasteiger partial charge in [0.05, 0.1) is 29.5 Å². The molecule has 0 aliphatic heterocycles. The van der Waals surface area contributed by atoms with Crippen LogP contribution in [-0.4, -0.2) is 26.7 Å². The Morgan fingerprint density at radius 3 is 2.33 bits per heavy atom. The van der Waals surface area contributed by atoms with E-state index in [2.05, 4.69) is 5.32 Å². The molecule has 1 amide bonds. The number of fused-ring (bicyclic) bond motifs is 3. The summed E-state index contributed by atoms with van der Waals surface area (Å²) in [5.41, 5.74) is 3.49. The highest BCUT2D eigenvalue weighted by Gasteiger charge is 2.22. The molecule has 0 bridgehead atoms. The maximum absolute atomic E-state index is 13.9. The standard InChI is InChI=1S/C28H26N4O4/c1-17-9-12-19(13-10-17)32-27(34)26-25(20-15-18(2)11-14-22(20)30(26)3)31(28(32)35)16-24(33)29-21-7-5-6-8-23(21)36-4/h5-15H,16H2,1-4H3,(H,29,33). The molecule has 0 saturated heterocycles. The topological polar surface area (TPSA) is 87.3 Å². The smallest absolute Gasteiger partial charge is 0.336 e. The summed E-state index contributed by atoms with van der Waals surface area (Å²) >= 11 is 0. The van der Waals surface area contributed by atoms with Gasteiger partial charge in [0.1, 0.15) is 17.8 Å². The SMILES string of the molecule is COc1ccccc1NC(=O)Cn1c(=O)n(-c2ccc(C)cc2)c(=O)c2c1c1cc(C)ccc1n2C. The van der Waals surface area contributed by atoms with E-state index in [1.165, 1.54) is 11.7 Å². The lowest BCUT2D eigenvalue weighted by atomic mass is 10.1. The van der Waals surface area contributed by atoms with Crippen molar-refractivity contribution in [2.45, 2.75) is 20.4 Å². The van der Waals surface area contributed by atoms with E-state index in [-0.39, 0.29) is 6.54 Å². The minimum absolute atomic E-state index is 0.285. The number of amides is 1. The van der Waals surface area contributed by atoms with Gasteiger partial charge in [-0.25, -0.2) is 9.36 Å². The van der Waals surface area contributed by atoms with Gasteiger partial charge in [-0.3, -0.25) is 14.2 Å². The van der Waals surface area contributed by atoms with E-state index in [1.807, 2.05) is 44.2 Å². The van der Waals surface area contributed by atoms with E-state index < -0.39 is 17.2 Å². The van der Waals surface area contributed by atoms with Crippen LogP contribution in [0.3, 0.4) is 0 Å². The average Bonchev–Trinajstić information content (AvgIpc) is 3.15. The largest absolute Gasteiger partial charge is 0.495 e. The fourth-order valence-corrected chi connectivity index (χ4v) is 4.62. The van der Waals surface area contributed by atoms with Crippen molar-refractivity contribution < 1.29 is 9.53 Å². The second-order valence-electron chi connectivity index (χ2n) is 8.87. The first kappa shape index (κ1) is 23.2. The van der Waals surface area contributed by atoms with Gasteiger partial charge in [-0.1, -0.05) is 41.5 Å². The van der Waals surface area contributed by atoms with Crippen LogP contribution in [0.15, 0.2) is 76.3 Å². The van der Waals surface area contributed by atoms with Gasteiger partial charge in [0.15, 0.2) is 0 Å². The Morgan fingerprint density at radius 2 is 1.61 bits per heavy atom. The number of nitrogens with one attached hydrogen (secondary N) is 1. The lowest BCUT2D eigenvalue weighted by Gasteiger charge is -2.14. The van der Waals surface area contributed by atoms with Crippen LogP contribution in [0.2, 0.25) is 0 Å². The number of methoxy groups -OCH3 is 1. The molecule has 182 valence electrons. The molecule has 0 aliphatic rings. The summed E-state index contributed by atoms with van der Waals surface area (Å²) in [7, 11) is 3.32. The number of benzene rings is 3. The molecular weight excluding hydrogens is 456 g/mol. The van der Waals surface area contributed by atoms with Gasteiger partial charge < -0.3 is 14.6 Å². The lowest BCUT2D eigenvalue weighted by Crippen LogP contribution is -2.41. The van der Waals surface area contributed by atoms with Gasteiger partial charge in [0, 0.05) is 12.4 Å². The number of hydrogen-bond acceptors (Lipinski definition) is 4. The molecule has 8 nitrogen and oxygen atoms in total. The summed E-state index contributed by atoms with van der Waals surface area (Å²) in [6.45, 7) is 3.59. The zero-order valence-electron chi connectivity index (χ0n) is 20.5. The molecule has 2 aromatic heterocycles. The van der Waals surface area contributed by atoms with Crippen LogP contribution in [0, 0.1) is 13.8 Å². The number of aromatic nitrogens is 3. The maximum Gasteiger partial charge on any atom is 0.336 e. The highest BCUT2D eigenvalue weighted by molar-refractivity contribution is 6.06.